The first-order chi connectivity index (χ1) is 8.70. The number of hydrogen-bond acceptors (Lipinski definition) is 4. The highest BCUT2D eigenvalue weighted by atomic mass is 32.1. The molecule has 0 radical (unpaired) electrons. The van der Waals surface area contributed by atoms with Gasteiger partial charge in [0.1, 0.15) is 0 Å². The van der Waals surface area contributed by atoms with Gasteiger partial charge in [-0.2, -0.15) is 0 Å². The molecule has 0 aliphatic rings. The molecule has 4 heteroatoms. The van der Waals surface area contributed by atoms with E-state index in [-0.39, 0.29) is 0 Å². The van der Waals surface area contributed by atoms with E-state index >= 15 is 0 Å². The van der Waals surface area contributed by atoms with E-state index in [1.54, 1.807) is 0 Å². The third-order valence-electron chi connectivity index (χ3n) is 2.76. The van der Waals surface area contributed by atoms with Gasteiger partial charge >= 0.3 is 0 Å². The van der Waals surface area contributed by atoms with Crippen LogP contribution in [0, 0.1) is 0 Å². The predicted octanol–water partition coefficient (Wildman–Crippen LogP) is 4.03. The van der Waals surface area contributed by atoms with Gasteiger partial charge in [0.25, 0.3) is 0 Å². The zero-order chi connectivity index (χ0) is 13.0. The van der Waals surface area contributed by atoms with Crippen molar-refractivity contribution in [3.8, 4) is 0 Å². The second kappa shape index (κ2) is 6.45. The molecule has 0 aliphatic heterocycles. The quantitative estimate of drug-likeness (QED) is 0.864. The molecule has 1 N–H and O–H groups in total. The highest BCUT2D eigenvalue weighted by Gasteiger charge is 2.14. The molecule has 2 rings (SSSR count). The average Bonchev–Trinajstić information content (AvgIpc) is 2.96. The summed E-state index contributed by atoms with van der Waals surface area (Å²) in [5.74, 6) is 0.506. The Bertz CT molecular complexity index is 472. The van der Waals surface area contributed by atoms with Crippen LogP contribution in [0.1, 0.15) is 47.1 Å². The Labute approximate surface area is 117 Å². The molecular weight excluding hydrogens is 260 g/mol. The normalized spacial score (nSPS) is 11.3. The van der Waals surface area contributed by atoms with Gasteiger partial charge in [0.15, 0.2) is 0 Å². The lowest BCUT2D eigenvalue weighted by Crippen LogP contribution is -2.12. The van der Waals surface area contributed by atoms with Gasteiger partial charge in [0, 0.05) is 22.7 Å². The van der Waals surface area contributed by atoms with Gasteiger partial charge in [-0.15, -0.1) is 22.7 Å². The number of nitrogens with zero attached hydrogens (tertiary/aromatic N) is 1. The van der Waals surface area contributed by atoms with Crippen LogP contribution in [0.2, 0.25) is 0 Å². The van der Waals surface area contributed by atoms with Gasteiger partial charge in [-0.1, -0.05) is 26.8 Å². The topological polar surface area (TPSA) is 24.9 Å². The lowest BCUT2D eigenvalue weighted by molar-refractivity contribution is 0.713. The van der Waals surface area contributed by atoms with E-state index < -0.39 is 0 Å². The second-order valence-corrected chi connectivity index (χ2v) is 6.81. The number of thiazole rings is 1. The standard InChI is InChI=1S/C14H20N2S2/c1-4-15-9-12-14(10(2)3)16-13(18-12)8-11-6-5-7-17-11/h5-7,10,15H,4,8-9H2,1-3H3. The Balaban J connectivity index is 2.16. The summed E-state index contributed by atoms with van der Waals surface area (Å²) in [4.78, 5) is 7.62. The van der Waals surface area contributed by atoms with Crippen LogP contribution in [-0.4, -0.2) is 11.5 Å². The predicted molar refractivity (Wildman–Crippen MR) is 80.7 cm³/mol. The van der Waals surface area contributed by atoms with E-state index in [1.165, 1.54) is 20.5 Å². The Kier molecular flexibility index (Phi) is 4.92. The van der Waals surface area contributed by atoms with E-state index in [2.05, 4.69) is 43.6 Å². The molecule has 98 valence electrons. The minimum atomic E-state index is 0.506. The largest absolute Gasteiger partial charge is 0.312 e. The maximum Gasteiger partial charge on any atom is 0.0983 e. The van der Waals surface area contributed by atoms with Crippen molar-refractivity contribution in [2.24, 2.45) is 0 Å². The van der Waals surface area contributed by atoms with Crippen LogP contribution in [-0.2, 0) is 13.0 Å². The first-order valence-electron chi connectivity index (χ1n) is 6.42. The summed E-state index contributed by atoms with van der Waals surface area (Å²) in [6, 6.07) is 4.29. The Morgan fingerprint density at radius 2 is 2.22 bits per heavy atom. The van der Waals surface area contributed by atoms with Crippen molar-refractivity contribution in [1.29, 1.82) is 0 Å². The highest BCUT2D eigenvalue weighted by Crippen LogP contribution is 2.27. The van der Waals surface area contributed by atoms with E-state index in [0.29, 0.717) is 5.92 Å². The van der Waals surface area contributed by atoms with Crippen molar-refractivity contribution in [3.05, 3.63) is 38.0 Å². The zero-order valence-corrected chi connectivity index (χ0v) is 12.8. The number of hydrogen-bond donors (Lipinski definition) is 1. The van der Waals surface area contributed by atoms with Gasteiger partial charge in [-0.3, -0.25) is 0 Å². The summed E-state index contributed by atoms with van der Waals surface area (Å²) in [6.07, 6.45) is 0.980. The lowest BCUT2D eigenvalue weighted by Gasteiger charge is -2.04. The molecule has 18 heavy (non-hydrogen) atoms. The first kappa shape index (κ1) is 13.7. The molecule has 0 saturated carbocycles. The SMILES string of the molecule is CCNCc1sc(Cc2cccs2)nc1C(C)C. The molecule has 2 aromatic heterocycles. The molecule has 0 atom stereocenters. The van der Waals surface area contributed by atoms with Crippen molar-refractivity contribution in [1.82, 2.24) is 10.3 Å². The minimum absolute atomic E-state index is 0.506. The van der Waals surface area contributed by atoms with E-state index in [1.807, 2.05) is 22.7 Å². The van der Waals surface area contributed by atoms with E-state index in [0.717, 1.165) is 19.5 Å². The molecule has 2 aromatic rings. The third-order valence-corrected chi connectivity index (χ3v) is 4.71. The fourth-order valence-electron chi connectivity index (χ4n) is 1.87. The number of nitrogens with one attached hydrogen (secondary N) is 1. The second-order valence-electron chi connectivity index (χ2n) is 4.61. The average molecular weight is 280 g/mol. The van der Waals surface area contributed by atoms with Crippen molar-refractivity contribution in [2.75, 3.05) is 6.54 Å². The minimum Gasteiger partial charge on any atom is -0.312 e. The summed E-state index contributed by atoms with van der Waals surface area (Å²) >= 11 is 3.67. The molecule has 2 heterocycles. The van der Waals surface area contributed by atoms with Gasteiger partial charge in [-0.05, 0) is 23.9 Å². The summed E-state index contributed by atoms with van der Waals surface area (Å²) in [5.41, 5.74) is 1.27. The molecule has 0 fully saturated rings. The molecule has 2 nitrogen and oxygen atoms in total. The van der Waals surface area contributed by atoms with Crippen LogP contribution in [0.5, 0.6) is 0 Å². The third kappa shape index (κ3) is 3.40. The molecule has 0 amide bonds. The summed E-state index contributed by atoms with van der Waals surface area (Å²) in [5, 5.41) is 6.78. The lowest BCUT2D eigenvalue weighted by atomic mass is 10.1. The number of thiophene rings is 1. The fourth-order valence-corrected chi connectivity index (χ4v) is 3.88. The van der Waals surface area contributed by atoms with Crippen LogP contribution in [0.25, 0.3) is 0 Å². The highest BCUT2D eigenvalue weighted by molar-refractivity contribution is 7.12. The Morgan fingerprint density at radius 3 is 2.83 bits per heavy atom. The van der Waals surface area contributed by atoms with Crippen molar-refractivity contribution in [3.63, 3.8) is 0 Å². The zero-order valence-electron chi connectivity index (χ0n) is 11.2. The summed E-state index contributed by atoms with van der Waals surface area (Å²) in [6.45, 7) is 8.54. The Hall–Kier alpha value is -0.710. The molecule has 0 aliphatic carbocycles. The van der Waals surface area contributed by atoms with Crippen molar-refractivity contribution in [2.45, 2.75) is 39.7 Å². The van der Waals surface area contributed by atoms with E-state index in [9.17, 15) is 0 Å². The van der Waals surface area contributed by atoms with Crippen LogP contribution in [0.3, 0.4) is 0 Å². The van der Waals surface area contributed by atoms with Crippen LogP contribution < -0.4 is 5.32 Å². The van der Waals surface area contributed by atoms with Crippen LogP contribution >= 0.6 is 22.7 Å². The fraction of sp³-hybridized carbons (Fsp3) is 0.500. The molecule has 0 spiro atoms. The van der Waals surface area contributed by atoms with Gasteiger partial charge in [0.2, 0.25) is 0 Å². The Morgan fingerprint density at radius 1 is 1.39 bits per heavy atom. The van der Waals surface area contributed by atoms with E-state index in [4.69, 9.17) is 4.98 Å². The van der Waals surface area contributed by atoms with Crippen molar-refractivity contribution < 1.29 is 0 Å². The van der Waals surface area contributed by atoms with Crippen molar-refractivity contribution >= 4 is 22.7 Å². The molecule has 0 saturated heterocycles. The number of aromatic nitrogens is 1. The summed E-state index contributed by atoms with van der Waals surface area (Å²) < 4.78 is 0. The van der Waals surface area contributed by atoms with Gasteiger partial charge in [0.05, 0.1) is 10.7 Å². The molecule has 0 bridgehead atoms. The monoisotopic (exact) mass is 280 g/mol. The molecule has 0 aromatic carbocycles. The molecule has 0 unspecified atom stereocenters. The number of rotatable bonds is 6. The van der Waals surface area contributed by atoms with Crippen LogP contribution in [0.15, 0.2) is 17.5 Å². The first-order valence-corrected chi connectivity index (χ1v) is 8.12. The molecular formula is C14H20N2S2. The smallest absolute Gasteiger partial charge is 0.0983 e. The van der Waals surface area contributed by atoms with Gasteiger partial charge < -0.3 is 5.32 Å². The van der Waals surface area contributed by atoms with Gasteiger partial charge in [-0.25, -0.2) is 4.98 Å². The summed E-state index contributed by atoms with van der Waals surface area (Å²) in [7, 11) is 0. The van der Waals surface area contributed by atoms with Crippen LogP contribution in [0.4, 0.5) is 0 Å². The maximum atomic E-state index is 4.82. The maximum absolute atomic E-state index is 4.82.